The summed E-state index contributed by atoms with van der Waals surface area (Å²) in [4.78, 5) is 1.55. The molecular weight excluding hydrogens is 419 g/mol. The highest BCUT2D eigenvalue weighted by Gasteiger charge is 2.27. The molecule has 1 N–H and O–H groups in total. The molecule has 10 heteroatoms. The van der Waals surface area contributed by atoms with E-state index in [0.29, 0.717) is 29.1 Å². The van der Waals surface area contributed by atoms with E-state index >= 15 is 0 Å². The second kappa shape index (κ2) is 7.84. The SMILES string of the molecule is COc1ccc(S(=O)(=O)c2cn(C(F)F)c3ccc(F)cc23)cc1N1CCNCC1. The predicted molar refractivity (Wildman–Crippen MR) is 107 cm³/mol. The topological polar surface area (TPSA) is 63.6 Å². The fourth-order valence-corrected chi connectivity index (χ4v) is 5.16. The van der Waals surface area contributed by atoms with Gasteiger partial charge in [-0.25, -0.2) is 12.8 Å². The van der Waals surface area contributed by atoms with Gasteiger partial charge >= 0.3 is 6.55 Å². The number of alkyl halides is 2. The molecule has 1 aliphatic heterocycles. The summed E-state index contributed by atoms with van der Waals surface area (Å²) in [5.74, 6) is -0.195. The molecule has 6 nitrogen and oxygen atoms in total. The number of rotatable bonds is 5. The third-order valence-electron chi connectivity index (χ3n) is 5.18. The van der Waals surface area contributed by atoms with Crippen molar-refractivity contribution in [1.82, 2.24) is 9.88 Å². The molecule has 0 amide bonds. The minimum atomic E-state index is -4.20. The van der Waals surface area contributed by atoms with Crippen molar-refractivity contribution in [2.45, 2.75) is 16.3 Å². The standard InChI is InChI=1S/C20H20F3N3O3S/c1-29-18-5-3-14(11-17(18)25-8-6-24-7-9-25)30(27,28)19-12-26(20(22)23)16-4-2-13(21)10-15(16)19/h2-5,10-12,20,24H,6-9H2,1H3. The van der Waals surface area contributed by atoms with E-state index in [2.05, 4.69) is 5.32 Å². The second-order valence-corrected chi connectivity index (χ2v) is 8.83. The average Bonchev–Trinajstić information content (AvgIpc) is 3.13. The Morgan fingerprint density at radius 1 is 1.10 bits per heavy atom. The Balaban J connectivity index is 1.87. The van der Waals surface area contributed by atoms with E-state index in [0.717, 1.165) is 37.5 Å². The minimum Gasteiger partial charge on any atom is -0.495 e. The van der Waals surface area contributed by atoms with Gasteiger partial charge in [-0.2, -0.15) is 8.78 Å². The van der Waals surface area contributed by atoms with Crippen molar-refractivity contribution in [2.24, 2.45) is 0 Å². The number of fused-ring (bicyclic) bond motifs is 1. The van der Waals surface area contributed by atoms with Crippen molar-refractivity contribution in [2.75, 3.05) is 38.2 Å². The maximum atomic E-state index is 13.8. The molecule has 1 fully saturated rings. The zero-order valence-corrected chi connectivity index (χ0v) is 16.9. The lowest BCUT2D eigenvalue weighted by atomic mass is 10.2. The van der Waals surface area contributed by atoms with E-state index in [-0.39, 0.29) is 20.7 Å². The molecule has 0 aliphatic carbocycles. The number of nitrogens with one attached hydrogen (secondary N) is 1. The first-order chi connectivity index (χ1) is 14.3. The van der Waals surface area contributed by atoms with Gasteiger partial charge in [-0.3, -0.25) is 4.57 Å². The molecule has 30 heavy (non-hydrogen) atoms. The number of sulfone groups is 1. The van der Waals surface area contributed by atoms with Crippen LogP contribution in [-0.2, 0) is 9.84 Å². The van der Waals surface area contributed by atoms with Gasteiger partial charge in [-0.05, 0) is 36.4 Å². The van der Waals surface area contributed by atoms with Crippen molar-refractivity contribution < 1.29 is 26.3 Å². The number of anilines is 1. The number of hydrogen-bond donors (Lipinski definition) is 1. The molecule has 4 rings (SSSR count). The Hall–Kier alpha value is -2.72. The lowest BCUT2D eigenvalue weighted by Crippen LogP contribution is -2.43. The maximum absolute atomic E-state index is 13.8. The van der Waals surface area contributed by atoms with Crippen molar-refractivity contribution in [3.8, 4) is 5.75 Å². The zero-order valence-electron chi connectivity index (χ0n) is 16.1. The van der Waals surface area contributed by atoms with E-state index in [4.69, 9.17) is 4.74 Å². The number of aromatic nitrogens is 1. The van der Waals surface area contributed by atoms with E-state index in [1.54, 1.807) is 0 Å². The van der Waals surface area contributed by atoms with Crippen LogP contribution in [0.5, 0.6) is 5.75 Å². The smallest absolute Gasteiger partial charge is 0.319 e. The highest BCUT2D eigenvalue weighted by molar-refractivity contribution is 7.91. The van der Waals surface area contributed by atoms with Gasteiger partial charge in [-0.1, -0.05) is 0 Å². The molecule has 2 heterocycles. The van der Waals surface area contributed by atoms with Gasteiger partial charge in [0.25, 0.3) is 0 Å². The molecule has 0 spiro atoms. The van der Waals surface area contributed by atoms with E-state index in [1.165, 1.54) is 25.3 Å². The zero-order chi connectivity index (χ0) is 21.5. The van der Waals surface area contributed by atoms with Crippen LogP contribution in [0.15, 0.2) is 52.4 Å². The molecule has 3 aromatic rings. The fourth-order valence-electron chi connectivity index (χ4n) is 3.69. The summed E-state index contributed by atoms with van der Waals surface area (Å²) in [6.07, 6.45) is 0.860. The normalized spacial score (nSPS) is 15.2. The molecule has 0 bridgehead atoms. The third kappa shape index (κ3) is 3.50. The Bertz CT molecular complexity index is 1190. The van der Waals surface area contributed by atoms with Gasteiger partial charge in [0.15, 0.2) is 0 Å². The van der Waals surface area contributed by atoms with Crippen molar-refractivity contribution in [3.05, 3.63) is 48.4 Å². The van der Waals surface area contributed by atoms with Crippen molar-refractivity contribution in [1.29, 1.82) is 0 Å². The van der Waals surface area contributed by atoms with Crippen LogP contribution in [0, 0.1) is 5.82 Å². The number of hydrogen-bond acceptors (Lipinski definition) is 5. The van der Waals surface area contributed by atoms with Gasteiger partial charge in [0.1, 0.15) is 11.6 Å². The third-order valence-corrected chi connectivity index (χ3v) is 6.96. The molecule has 1 aromatic heterocycles. The molecule has 0 saturated carbocycles. The van der Waals surface area contributed by atoms with Crippen molar-refractivity contribution in [3.63, 3.8) is 0 Å². The summed E-state index contributed by atoms with van der Waals surface area (Å²) in [5.41, 5.74) is 0.546. The molecule has 2 aromatic carbocycles. The largest absolute Gasteiger partial charge is 0.495 e. The van der Waals surface area contributed by atoms with Crippen LogP contribution in [0.3, 0.4) is 0 Å². The summed E-state index contributed by atoms with van der Waals surface area (Å²) in [6, 6.07) is 7.51. The average molecular weight is 439 g/mol. The summed E-state index contributed by atoms with van der Waals surface area (Å²) in [7, 11) is -2.71. The Labute approximate surface area is 171 Å². The first-order valence-corrected chi connectivity index (χ1v) is 10.8. The summed E-state index contributed by atoms with van der Waals surface area (Å²) in [5, 5.41) is 3.13. The monoisotopic (exact) mass is 439 g/mol. The van der Waals surface area contributed by atoms with E-state index in [9.17, 15) is 21.6 Å². The minimum absolute atomic E-state index is 0.0548. The van der Waals surface area contributed by atoms with Gasteiger partial charge in [-0.15, -0.1) is 0 Å². The van der Waals surface area contributed by atoms with Crippen LogP contribution in [-0.4, -0.2) is 46.3 Å². The van der Waals surface area contributed by atoms with E-state index in [1.807, 2.05) is 4.90 Å². The highest BCUT2D eigenvalue weighted by atomic mass is 32.2. The molecule has 0 atom stereocenters. The van der Waals surface area contributed by atoms with Crippen molar-refractivity contribution >= 4 is 26.4 Å². The molecule has 0 radical (unpaired) electrons. The van der Waals surface area contributed by atoms with Gasteiger partial charge in [0.05, 0.1) is 28.1 Å². The summed E-state index contributed by atoms with van der Waals surface area (Å²) < 4.78 is 73.4. The first kappa shape index (κ1) is 20.5. The summed E-state index contributed by atoms with van der Waals surface area (Å²) >= 11 is 0. The quantitative estimate of drug-likeness (QED) is 0.660. The lowest BCUT2D eigenvalue weighted by molar-refractivity contribution is 0.0748. The van der Waals surface area contributed by atoms with Crippen LogP contribution in [0.2, 0.25) is 0 Å². The number of ether oxygens (including phenoxy) is 1. The highest BCUT2D eigenvalue weighted by Crippen LogP contribution is 2.37. The first-order valence-electron chi connectivity index (χ1n) is 9.30. The molecule has 160 valence electrons. The molecule has 1 saturated heterocycles. The second-order valence-electron chi connectivity index (χ2n) is 6.91. The number of piperazine rings is 1. The molecular formula is C20H20F3N3O3S. The fraction of sp³-hybridized carbons (Fsp3) is 0.300. The van der Waals surface area contributed by atoms with Crippen LogP contribution in [0.4, 0.5) is 18.9 Å². The Kier molecular flexibility index (Phi) is 5.37. The van der Waals surface area contributed by atoms with Gasteiger partial charge < -0.3 is 15.0 Å². The maximum Gasteiger partial charge on any atom is 0.319 e. The molecule has 0 unspecified atom stereocenters. The predicted octanol–water partition coefficient (Wildman–Crippen LogP) is 3.43. The number of halogens is 3. The van der Waals surface area contributed by atoms with Crippen LogP contribution in [0.1, 0.15) is 6.55 Å². The Morgan fingerprint density at radius 3 is 2.50 bits per heavy atom. The Morgan fingerprint density at radius 2 is 1.83 bits per heavy atom. The lowest BCUT2D eigenvalue weighted by Gasteiger charge is -2.30. The van der Waals surface area contributed by atoms with Gasteiger partial charge in [0.2, 0.25) is 9.84 Å². The molecule has 1 aliphatic rings. The van der Waals surface area contributed by atoms with E-state index < -0.39 is 22.2 Å². The summed E-state index contributed by atoms with van der Waals surface area (Å²) in [6.45, 7) is -0.164. The number of nitrogens with zero attached hydrogens (tertiary/aromatic N) is 2. The van der Waals surface area contributed by atoms with Crippen LogP contribution >= 0.6 is 0 Å². The van der Waals surface area contributed by atoms with Gasteiger partial charge in [0, 0.05) is 37.8 Å². The van der Waals surface area contributed by atoms with Crippen LogP contribution in [0.25, 0.3) is 10.9 Å². The number of methoxy groups -OCH3 is 1. The number of benzene rings is 2. The van der Waals surface area contributed by atoms with Crippen LogP contribution < -0.4 is 15.0 Å².